The Morgan fingerprint density at radius 1 is 1.15 bits per heavy atom. The van der Waals surface area contributed by atoms with E-state index in [9.17, 15) is 9.90 Å². The van der Waals surface area contributed by atoms with Gasteiger partial charge < -0.3 is 19.5 Å². The molecule has 0 amide bonds. The lowest BCUT2D eigenvalue weighted by atomic mass is 10.1. The molecule has 140 valence electrons. The van der Waals surface area contributed by atoms with Crippen LogP contribution in [0.1, 0.15) is 41.6 Å². The summed E-state index contributed by atoms with van der Waals surface area (Å²) in [7, 11) is 0. The number of piperazine rings is 1. The summed E-state index contributed by atoms with van der Waals surface area (Å²) >= 11 is 0. The number of quaternary nitrogens is 1. The van der Waals surface area contributed by atoms with Crippen molar-refractivity contribution in [3.63, 3.8) is 0 Å². The number of ketones is 1. The zero-order chi connectivity index (χ0) is 18.8. The quantitative estimate of drug-likeness (QED) is 0.806. The van der Waals surface area contributed by atoms with Gasteiger partial charge in [-0.15, -0.1) is 0 Å². The number of carbonyl (C=O) groups is 1. The van der Waals surface area contributed by atoms with Crippen LogP contribution in [0.15, 0.2) is 30.3 Å². The average Bonchev–Trinajstić information content (AvgIpc) is 2.91. The van der Waals surface area contributed by atoms with Crippen molar-refractivity contribution < 1.29 is 14.8 Å². The van der Waals surface area contributed by atoms with Gasteiger partial charge in [-0.05, 0) is 58.0 Å². The van der Waals surface area contributed by atoms with Gasteiger partial charge in [-0.2, -0.15) is 0 Å². The number of Topliss-reactive ketones (excluding diaryl/α,β-unsaturated/α-hetero) is 1. The first-order valence-corrected chi connectivity index (χ1v) is 9.46. The SMILES string of the molecule is Cc1cc(C(=O)C[NH+]2CCN(c3ccc(O)cc3)CC2)c(C)n1C(C)C. The molecule has 0 atom stereocenters. The summed E-state index contributed by atoms with van der Waals surface area (Å²) < 4.78 is 2.24. The minimum absolute atomic E-state index is 0.248. The van der Waals surface area contributed by atoms with Crippen LogP contribution < -0.4 is 9.80 Å². The van der Waals surface area contributed by atoms with Crippen LogP contribution >= 0.6 is 0 Å². The average molecular weight is 356 g/mol. The Morgan fingerprint density at radius 2 is 1.77 bits per heavy atom. The largest absolute Gasteiger partial charge is 0.508 e. The van der Waals surface area contributed by atoms with Gasteiger partial charge in [0, 0.05) is 28.7 Å². The highest BCUT2D eigenvalue weighted by atomic mass is 16.3. The van der Waals surface area contributed by atoms with E-state index < -0.39 is 0 Å². The Kier molecular flexibility index (Phi) is 5.37. The monoisotopic (exact) mass is 356 g/mol. The number of aryl methyl sites for hydroxylation is 1. The molecule has 2 aromatic rings. The van der Waals surface area contributed by atoms with Crippen LogP contribution in [0.4, 0.5) is 5.69 Å². The third-order valence-electron chi connectivity index (χ3n) is 5.40. The van der Waals surface area contributed by atoms with Crippen molar-refractivity contribution in [1.82, 2.24) is 4.57 Å². The minimum atomic E-state index is 0.248. The van der Waals surface area contributed by atoms with E-state index in [0.29, 0.717) is 18.3 Å². The van der Waals surface area contributed by atoms with Crippen molar-refractivity contribution in [2.45, 2.75) is 33.7 Å². The van der Waals surface area contributed by atoms with E-state index in [-0.39, 0.29) is 5.78 Å². The Balaban J connectivity index is 1.60. The van der Waals surface area contributed by atoms with E-state index in [1.807, 2.05) is 18.2 Å². The number of carbonyl (C=O) groups excluding carboxylic acids is 1. The maximum atomic E-state index is 12.8. The molecule has 1 saturated heterocycles. The molecular formula is C21H30N3O2+. The Hall–Kier alpha value is -2.27. The molecule has 2 N–H and O–H groups in total. The summed E-state index contributed by atoms with van der Waals surface area (Å²) in [4.78, 5) is 16.5. The van der Waals surface area contributed by atoms with Crippen molar-refractivity contribution in [2.24, 2.45) is 0 Å². The molecule has 0 unspecified atom stereocenters. The number of phenols is 1. The van der Waals surface area contributed by atoms with Crippen LogP contribution in [0.3, 0.4) is 0 Å². The highest BCUT2D eigenvalue weighted by Gasteiger charge is 2.25. The normalized spacial score (nSPS) is 15.7. The second kappa shape index (κ2) is 7.54. The molecule has 1 fully saturated rings. The van der Waals surface area contributed by atoms with Crippen molar-refractivity contribution in [3.8, 4) is 5.75 Å². The fourth-order valence-electron chi connectivity index (χ4n) is 4.10. The highest BCUT2D eigenvalue weighted by Crippen LogP contribution is 2.20. The highest BCUT2D eigenvalue weighted by molar-refractivity contribution is 5.98. The third kappa shape index (κ3) is 3.78. The van der Waals surface area contributed by atoms with Gasteiger partial charge in [0.15, 0.2) is 0 Å². The standard InChI is InChI=1S/C21H29N3O2/c1-15(2)24-16(3)13-20(17(24)4)21(26)14-22-9-11-23(12-10-22)18-5-7-19(25)8-6-18/h5-8,13,15,25H,9-12,14H2,1-4H3/p+1. The van der Waals surface area contributed by atoms with Gasteiger partial charge in [-0.1, -0.05) is 0 Å². The maximum absolute atomic E-state index is 12.8. The molecule has 0 saturated carbocycles. The minimum Gasteiger partial charge on any atom is -0.508 e. The number of anilines is 1. The molecule has 3 rings (SSSR count). The number of phenolic OH excluding ortho intramolecular Hbond substituents is 1. The van der Waals surface area contributed by atoms with Crippen LogP contribution in [0.25, 0.3) is 0 Å². The van der Waals surface area contributed by atoms with Gasteiger partial charge in [0.2, 0.25) is 5.78 Å². The van der Waals surface area contributed by atoms with Gasteiger partial charge in [0.25, 0.3) is 0 Å². The van der Waals surface area contributed by atoms with Crippen LogP contribution in [-0.4, -0.2) is 48.2 Å². The van der Waals surface area contributed by atoms with Gasteiger partial charge >= 0.3 is 0 Å². The summed E-state index contributed by atoms with van der Waals surface area (Å²) in [6.07, 6.45) is 0. The van der Waals surface area contributed by atoms with E-state index in [2.05, 4.69) is 37.2 Å². The van der Waals surface area contributed by atoms with Crippen molar-refractivity contribution in [2.75, 3.05) is 37.6 Å². The predicted octanol–water partition coefficient (Wildman–Crippen LogP) is 1.98. The summed E-state index contributed by atoms with van der Waals surface area (Å²) in [5, 5.41) is 9.42. The molecule has 2 heterocycles. The van der Waals surface area contributed by atoms with Crippen molar-refractivity contribution >= 4 is 11.5 Å². The molecule has 0 bridgehead atoms. The molecule has 0 spiro atoms. The summed E-state index contributed by atoms with van der Waals surface area (Å²) in [6.45, 7) is 12.8. The van der Waals surface area contributed by atoms with Crippen molar-refractivity contribution in [1.29, 1.82) is 0 Å². The number of rotatable bonds is 5. The maximum Gasteiger partial charge on any atom is 0.218 e. The molecule has 0 aliphatic carbocycles. The Bertz CT molecular complexity index is 769. The van der Waals surface area contributed by atoms with Crippen LogP contribution in [0.5, 0.6) is 5.75 Å². The number of hydrogen-bond acceptors (Lipinski definition) is 3. The van der Waals surface area contributed by atoms with Crippen LogP contribution in [0.2, 0.25) is 0 Å². The summed E-state index contributed by atoms with van der Waals surface area (Å²) in [6, 6.07) is 9.77. The Morgan fingerprint density at radius 3 is 2.31 bits per heavy atom. The number of aromatic hydroxyl groups is 1. The third-order valence-corrected chi connectivity index (χ3v) is 5.40. The van der Waals surface area contributed by atoms with Crippen LogP contribution in [0, 0.1) is 13.8 Å². The van der Waals surface area contributed by atoms with E-state index in [1.54, 1.807) is 12.1 Å². The first-order valence-electron chi connectivity index (χ1n) is 9.46. The predicted molar refractivity (Wildman–Crippen MR) is 105 cm³/mol. The van der Waals surface area contributed by atoms with E-state index in [0.717, 1.165) is 48.8 Å². The van der Waals surface area contributed by atoms with Crippen molar-refractivity contribution in [3.05, 3.63) is 47.3 Å². The van der Waals surface area contributed by atoms with Crippen LogP contribution in [-0.2, 0) is 0 Å². The summed E-state index contributed by atoms with van der Waals surface area (Å²) in [5.41, 5.74) is 4.26. The number of aromatic nitrogens is 1. The fourth-order valence-corrected chi connectivity index (χ4v) is 4.10. The lowest BCUT2D eigenvalue weighted by Gasteiger charge is -2.33. The molecule has 1 aromatic heterocycles. The lowest BCUT2D eigenvalue weighted by molar-refractivity contribution is -0.892. The molecule has 5 heteroatoms. The molecule has 5 nitrogen and oxygen atoms in total. The molecule has 1 aromatic carbocycles. The molecule has 1 aliphatic heterocycles. The number of benzene rings is 1. The molecule has 0 radical (unpaired) electrons. The summed E-state index contributed by atoms with van der Waals surface area (Å²) in [5.74, 6) is 0.542. The van der Waals surface area contributed by atoms with Gasteiger partial charge in [0.05, 0.1) is 26.2 Å². The Labute approximate surface area is 155 Å². The topological polar surface area (TPSA) is 49.9 Å². The second-order valence-electron chi connectivity index (χ2n) is 7.60. The van der Waals surface area contributed by atoms with E-state index >= 15 is 0 Å². The smallest absolute Gasteiger partial charge is 0.218 e. The van der Waals surface area contributed by atoms with Gasteiger partial charge in [-0.3, -0.25) is 4.79 Å². The zero-order valence-corrected chi connectivity index (χ0v) is 16.2. The number of nitrogens with zero attached hydrogens (tertiary/aromatic N) is 2. The lowest BCUT2D eigenvalue weighted by Crippen LogP contribution is -3.15. The van der Waals surface area contributed by atoms with Gasteiger partial charge in [-0.25, -0.2) is 0 Å². The molecule has 1 aliphatic rings. The first-order chi connectivity index (χ1) is 12.4. The fraction of sp³-hybridized carbons (Fsp3) is 0.476. The van der Waals surface area contributed by atoms with E-state index in [1.165, 1.54) is 4.90 Å². The molecule has 26 heavy (non-hydrogen) atoms. The molecular weight excluding hydrogens is 326 g/mol. The van der Waals surface area contributed by atoms with Gasteiger partial charge in [0.1, 0.15) is 12.3 Å². The van der Waals surface area contributed by atoms with E-state index in [4.69, 9.17) is 0 Å². The number of nitrogens with one attached hydrogen (secondary N) is 1. The second-order valence-corrected chi connectivity index (χ2v) is 7.60. The first kappa shape index (κ1) is 18.5. The zero-order valence-electron chi connectivity index (χ0n) is 16.2. The number of hydrogen-bond donors (Lipinski definition) is 2.